The highest BCUT2D eigenvalue weighted by molar-refractivity contribution is 6.23. The molecule has 24 heavy (non-hydrogen) atoms. The number of nitrogens with one attached hydrogen (secondary N) is 1. The second kappa shape index (κ2) is 5.37. The predicted molar refractivity (Wildman–Crippen MR) is 81.3 cm³/mol. The van der Waals surface area contributed by atoms with E-state index in [9.17, 15) is 18.8 Å². The number of carbonyl (C=O) groups is 2. The molecule has 0 spiro atoms. The first kappa shape index (κ1) is 15.5. The number of nitrogen functional groups attached to an aromatic ring is 1. The maximum atomic E-state index is 14.4. The van der Waals surface area contributed by atoms with Crippen molar-refractivity contribution in [3.63, 3.8) is 0 Å². The summed E-state index contributed by atoms with van der Waals surface area (Å²) in [5.41, 5.74) is 4.92. The number of fused-ring (bicyclic) bond motifs is 1. The number of carbonyl (C=O) groups excluding carboxylic acids is 2. The lowest BCUT2D eigenvalue weighted by Crippen LogP contribution is -2.24. The Bertz CT molecular complexity index is 951. The zero-order chi connectivity index (χ0) is 17.6. The molecule has 3 N–H and O–H groups in total. The number of benzene rings is 1. The molecular formula is C15H12FN3O5. The highest BCUT2D eigenvalue weighted by atomic mass is 19.1. The first-order chi connectivity index (χ1) is 11.4. The van der Waals surface area contributed by atoms with E-state index in [1.54, 1.807) is 0 Å². The van der Waals surface area contributed by atoms with Gasteiger partial charge >= 0.3 is 0 Å². The van der Waals surface area contributed by atoms with Crippen molar-refractivity contribution in [2.24, 2.45) is 0 Å². The van der Waals surface area contributed by atoms with Crippen molar-refractivity contribution in [2.75, 3.05) is 20.0 Å². The Labute approximate surface area is 134 Å². The van der Waals surface area contributed by atoms with E-state index in [2.05, 4.69) is 5.32 Å². The van der Waals surface area contributed by atoms with Gasteiger partial charge in [-0.1, -0.05) is 0 Å². The minimum atomic E-state index is -0.829. The van der Waals surface area contributed by atoms with Gasteiger partial charge in [0.2, 0.25) is 5.82 Å². The molecule has 0 radical (unpaired) electrons. The molecule has 0 bridgehead atoms. The third-order valence-electron chi connectivity index (χ3n) is 3.66. The van der Waals surface area contributed by atoms with Crippen LogP contribution in [0.5, 0.6) is 11.5 Å². The molecular weight excluding hydrogens is 321 g/mol. The number of rotatable bonds is 3. The fourth-order valence-corrected chi connectivity index (χ4v) is 2.58. The summed E-state index contributed by atoms with van der Waals surface area (Å²) >= 11 is 0. The molecule has 0 fully saturated rings. The third-order valence-corrected chi connectivity index (χ3v) is 3.66. The van der Waals surface area contributed by atoms with Gasteiger partial charge in [0.05, 0.1) is 31.0 Å². The van der Waals surface area contributed by atoms with E-state index in [4.69, 9.17) is 15.2 Å². The standard InChI is InChI=1S/C15H12FN3O5/c1-23-8-4-3-7(12(24-2)11(8)16)19-9(20)5-6-10(13(19)17)15(22)18-14(6)21/h3-5H,17H2,1-2H3,(H,18,21,22). The molecule has 2 amide bonds. The number of halogens is 1. The Balaban J connectivity index is 2.35. The van der Waals surface area contributed by atoms with Crippen molar-refractivity contribution >= 4 is 17.6 Å². The zero-order valence-corrected chi connectivity index (χ0v) is 12.7. The van der Waals surface area contributed by atoms with Crippen LogP contribution in [0.25, 0.3) is 5.69 Å². The highest BCUT2D eigenvalue weighted by Gasteiger charge is 2.32. The summed E-state index contributed by atoms with van der Waals surface area (Å²) in [4.78, 5) is 35.9. The van der Waals surface area contributed by atoms with Crippen LogP contribution < -0.4 is 26.1 Å². The van der Waals surface area contributed by atoms with Gasteiger partial charge < -0.3 is 15.2 Å². The molecule has 1 aromatic heterocycles. The number of amides is 2. The lowest BCUT2D eigenvalue weighted by Gasteiger charge is -2.16. The molecule has 0 saturated heterocycles. The number of nitrogens with zero attached hydrogens (tertiary/aromatic N) is 1. The van der Waals surface area contributed by atoms with Crippen LogP contribution in [-0.4, -0.2) is 30.6 Å². The molecule has 2 aromatic rings. The summed E-state index contributed by atoms with van der Waals surface area (Å²) < 4.78 is 25.1. The minimum Gasteiger partial charge on any atom is -0.494 e. The molecule has 8 nitrogen and oxygen atoms in total. The molecule has 0 atom stereocenters. The molecule has 1 aliphatic rings. The van der Waals surface area contributed by atoms with Crippen molar-refractivity contribution in [2.45, 2.75) is 0 Å². The van der Waals surface area contributed by atoms with E-state index < -0.39 is 23.2 Å². The Morgan fingerprint density at radius 2 is 1.83 bits per heavy atom. The second-order valence-electron chi connectivity index (χ2n) is 4.91. The van der Waals surface area contributed by atoms with E-state index in [1.807, 2.05) is 0 Å². The lowest BCUT2D eigenvalue weighted by molar-refractivity contribution is 0.0880. The fourth-order valence-electron chi connectivity index (χ4n) is 2.58. The number of nitrogens with two attached hydrogens (primary N) is 1. The van der Waals surface area contributed by atoms with Gasteiger partial charge in [-0.3, -0.25) is 24.3 Å². The maximum Gasteiger partial charge on any atom is 0.262 e. The van der Waals surface area contributed by atoms with Gasteiger partial charge in [0.25, 0.3) is 17.4 Å². The van der Waals surface area contributed by atoms with Crippen LogP contribution in [-0.2, 0) is 0 Å². The first-order valence-corrected chi connectivity index (χ1v) is 6.72. The Morgan fingerprint density at radius 1 is 1.12 bits per heavy atom. The van der Waals surface area contributed by atoms with E-state index in [-0.39, 0.29) is 34.1 Å². The molecule has 3 rings (SSSR count). The average Bonchev–Trinajstić information content (AvgIpc) is 2.82. The van der Waals surface area contributed by atoms with Crippen molar-refractivity contribution in [1.29, 1.82) is 0 Å². The van der Waals surface area contributed by atoms with E-state index >= 15 is 0 Å². The Morgan fingerprint density at radius 3 is 2.46 bits per heavy atom. The predicted octanol–water partition coefficient (Wildman–Crippen LogP) is 0.460. The van der Waals surface area contributed by atoms with Gasteiger partial charge in [-0.05, 0) is 12.1 Å². The molecule has 9 heteroatoms. The van der Waals surface area contributed by atoms with Gasteiger partial charge in [-0.15, -0.1) is 0 Å². The van der Waals surface area contributed by atoms with Crippen LogP contribution in [0.1, 0.15) is 20.7 Å². The molecule has 1 aromatic carbocycles. The van der Waals surface area contributed by atoms with E-state index in [0.29, 0.717) is 0 Å². The van der Waals surface area contributed by atoms with Crippen LogP contribution in [0, 0.1) is 5.82 Å². The average molecular weight is 333 g/mol. The van der Waals surface area contributed by atoms with Crippen molar-refractivity contribution in [3.05, 3.63) is 45.5 Å². The molecule has 2 heterocycles. The van der Waals surface area contributed by atoms with E-state index in [1.165, 1.54) is 26.4 Å². The van der Waals surface area contributed by atoms with Crippen molar-refractivity contribution in [3.8, 4) is 17.2 Å². The van der Waals surface area contributed by atoms with Gasteiger partial charge in [0.15, 0.2) is 11.5 Å². The summed E-state index contributed by atoms with van der Waals surface area (Å²) in [6, 6.07) is 3.62. The second-order valence-corrected chi connectivity index (χ2v) is 4.91. The molecule has 124 valence electrons. The smallest absolute Gasteiger partial charge is 0.262 e. The zero-order valence-electron chi connectivity index (χ0n) is 12.7. The summed E-state index contributed by atoms with van der Waals surface area (Å²) in [5, 5.41) is 2.05. The molecule has 0 saturated carbocycles. The van der Waals surface area contributed by atoms with Crippen LogP contribution in [0.4, 0.5) is 10.2 Å². The normalized spacial score (nSPS) is 12.8. The monoisotopic (exact) mass is 333 g/mol. The molecule has 0 aliphatic carbocycles. The summed E-state index contributed by atoms with van der Waals surface area (Å²) in [6.07, 6.45) is 0. The first-order valence-electron chi connectivity index (χ1n) is 6.72. The van der Waals surface area contributed by atoms with Gasteiger partial charge in [0, 0.05) is 6.07 Å². The minimum absolute atomic E-state index is 0.0201. The number of aromatic nitrogens is 1. The lowest BCUT2D eigenvalue weighted by atomic mass is 10.1. The number of imide groups is 1. The van der Waals surface area contributed by atoms with Gasteiger partial charge in [0.1, 0.15) is 5.82 Å². The van der Waals surface area contributed by atoms with E-state index in [0.717, 1.165) is 10.6 Å². The van der Waals surface area contributed by atoms with Crippen molar-refractivity contribution < 1.29 is 23.5 Å². The summed E-state index contributed by atoms with van der Waals surface area (Å²) in [5.74, 6) is -2.93. The highest BCUT2D eigenvalue weighted by Crippen LogP contribution is 2.34. The largest absolute Gasteiger partial charge is 0.494 e. The van der Waals surface area contributed by atoms with Gasteiger partial charge in [-0.2, -0.15) is 4.39 Å². The molecule has 1 aliphatic heterocycles. The summed E-state index contributed by atoms with van der Waals surface area (Å²) in [7, 11) is 2.50. The summed E-state index contributed by atoms with van der Waals surface area (Å²) in [6.45, 7) is 0. The van der Waals surface area contributed by atoms with Crippen molar-refractivity contribution in [1.82, 2.24) is 9.88 Å². The number of methoxy groups -OCH3 is 2. The molecule has 0 unspecified atom stereocenters. The van der Waals surface area contributed by atoms with Crippen LogP contribution in [0.2, 0.25) is 0 Å². The fraction of sp³-hybridized carbons (Fsp3) is 0.133. The van der Waals surface area contributed by atoms with Crippen LogP contribution in [0.3, 0.4) is 0 Å². The Hall–Kier alpha value is -3.36. The SMILES string of the molecule is COc1ccc(-n2c(N)c3c(cc2=O)C(=O)NC3=O)c(OC)c1F. The number of anilines is 1. The van der Waals surface area contributed by atoms with Gasteiger partial charge in [-0.25, -0.2) is 0 Å². The topological polar surface area (TPSA) is 113 Å². The number of hydrogen-bond acceptors (Lipinski definition) is 6. The maximum absolute atomic E-state index is 14.4. The Kier molecular flexibility index (Phi) is 3.48. The number of ether oxygens (including phenoxy) is 2. The third kappa shape index (κ3) is 2.02. The number of hydrogen-bond donors (Lipinski definition) is 2. The van der Waals surface area contributed by atoms with Crippen LogP contribution >= 0.6 is 0 Å². The number of pyridine rings is 1. The quantitative estimate of drug-likeness (QED) is 0.789. The van der Waals surface area contributed by atoms with Crippen LogP contribution in [0.15, 0.2) is 23.0 Å².